The summed E-state index contributed by atoms with van der Waals surface area (Å²) in [6, 6.07) is 5.31. The Labute approximate surface area is 193 Å². The van der Waals surface area contributed by atoms with Crippen molar-refractivity contribution in [2.75, 3.05) is 20.8 Å². The molecule has 0 aliphatic rings. The molecule has 0 fully saturated rings. The summed E-state index contributed by atoms with van der Waals surface area (Å²) in [6.07, 6.45) is 15.7. The highest BCUT2D eigenvalue weighted by Crippen LogP contribution is 2.26. The second-order valence-electron chi connectivity index (χ2n) is 7.97. The summed E-state index contributed by atoms with van der Waals surface area (Å²) >= 11 is 0. The average Bonchev–Trinajstić information content (AvgIpc) is 2.81. The lowest BCUT2D eigenvalue weighted by Gasteiger charge is -2.07. The van der Waals surface area contributed by atoms with Gasteiger partial charge < -0.3 is 14.8 Å². The first-order valence-corrected chi connectivity index (χ1v) is 11.9. The van der Waals surface area contributed by atoms with Gasteiger partial charge in [-0.2, -0.15) is 5.10 Å². The van der Waals surface area contributed by atoms with Crippen molar-refractivity contribution in [3.8, 4) is 11.5 Å². The minimum absolute atomic E-state index is 0.0832. The number of carbonyl (C=O) groups excluding carboxylic acids is 2. The van der Waals surface area contributed by atoms with E-state index in [2.05, 4.69) is 22.8 Å². The standard InChI is InChI=1S/C25H41N3O4/c1-4-5-6-7-8-9-10-11-12-13-14-15-24(29)26-20-25(30)28-27-19-21-16-17-22(31-2)23(18-21)32-3/h16-19H,4-15,20H2,1-3H3,(H,26,29)(H,28,30)/b27-19-. The molecule has 180 valence electrons. The molecule has 32 heavy (non-hydrogen) atoms. The van der Waals surface area contributed by atoms with E-state index in [0.29, 0.717) is 17.9 Å². The predicted octanol–water partition coefficient (Wildman–Crippen LogP) is 4.97. The van der Waals surface area contributed by atoms with Crippen LogP contribution in [0, 0.1) is 0 Å². The molecule has 7 nitrogen and oxygen atoms in total. The van der Waals surface area contributed by atoms with E-state index in [4.69, 9.17) is 9.47 Å². The van der Waals surface area contributed by atoms with Gasteiger partial charge in [0, 0.05) is 6.42 Å². The number of benzene rings is 1. The Morgan fingerprint density at radius 2 is 1.44 bits per heavy atom. The molecule has 0 heterocycles. The second kappa shape index (κ2) is 18.0. The molecule has 0 aliphatic carbocycles. The third-order valence-electron chi connectivity index (χ3n) is 5.26. The van der Waals surface area contributed by atoms with Crippen LogP contribution in [0.3, 0.4) is 0 Å². The van der Waals surface area contributed by atoms with Gasteiger partial charge in [0.1, 0.15) is 0 Å². The van der Waals surface area contributed by atoms with Crippen LogP contribution >= 0.6 is 0 Å². The van der Waals surface area contributed by atoms with Crippen LogP contribution in [0.15, 0.2) is 23.3 Å². The number of rotatable bonds is 18. The van der Waals surface area contributed by atoms with Crippen LogP contribution in [0.25, 0.3) is 0 Å². The first kappa shape index (κ1) is 27.5. The first-order valence-electron chi connectivity index (χ1n) is 11.9. The summed E-state index contributed by atoms with van der Waals surface area (Å²) in [6.45, 7) is 2.16. The van der Waals surface area contributed by atoms with Gasteiger partial charge in [-0.15, -0.1) is 0 Å². The van der Waals surface area contributed by atoms with E-state index < -0.39 is 0 Å². The zero-order valence-corrected chi connectivity index (χ0v) is 20.1. The zero-order valence-electron chi connectivity index (χ0n) is 20.1. The fourth-order valence-electron chi connectivity index (χ4n) is 3.37. The molecule has 1 aromatic carbocycles. The lowest BCUT2D eigenvalue weighted by molar-refractivity contribution is -0.126. The molecule has 0 aliphatic heterocycles. The lowest BCUT2D eigenvalue weighted by atomic mass is 10.1. The van der Waals surface area contributed by atoms with Crippen LogP contribution < -0.4 is 20.2 Å². The summed E-state index contributed by atoms with van der Waals surface area (Å²) < 4.78 is 10.4. The molecular formula is C25H41N3O4. The fraction of sp³-hybridized carbons (Fsp3) is 0.640. The third-order valence-corrected chi connectivity index (χ3v) is 5.26. The number of amides is 2. The van der Waals surface area contributed by atoms with E-state index in [1.54, 1.807) is 32.4 Å². The van der Waals surface area contributed by atoms with E-state index >= 15 is 0 Å². The molecule has 0 atom stereocenters. The van der Waals surface area contributed by atoms with E-state index in [1.165, 1.54) is 64.0 Å². The molecule has 0 unspecified atom stereocenters. The van der Waals surface area contributed by atoms with Gasteiger partial charge in [-0.3, -0.25) is 9.59 Å². The van der Waals surface area contributed by atoms with E-state index in [0.717, 1.165) is 18.4 Å². The summed E-state index contributed by atoms with van der Waals surface area (Å²) in [5.41, 5.74) is 3.16. The van der Waals surface area contributed by atoms with Crippen LogP contribution in [0.5, 0.6) is 11.5 Å². The molecule has 2 N–H and O–H groups in total. The van der Waals surface area contributed by atoms with Crippen molar-refractivity contribution in [2.45, 2.75) is 84.0 Å². The Balaban J connectivity index is 2.07. The Morgan fingerprint density at radius 3 is 2.03 bits per heavy atom. The maximum absolute atomic E-state index is 11.9. The molecule has 7 heteroatoms. The van der Waals surface area contributed by atoms with Crippen molar-refractivity contribution in [1.29, 1.82) is 0 Å². The van der Waals surface area contributed by atoms with Crippen molar-refractivity contribution >= 4 is 18.0 Å². The smallest absolute Gasteiger partial charge is 0.259 e. The third kappa shape index (κ3) is 13.0. The van der Waals surface area contributed by atoms with Crippen LogP contribution in [0.4, 0.5) is 0 Å². The van der Waals surface area contributed by atoms with Crippen LogP contribution in [-0.2, 0) is 9.59 Å². The highest BCUT2D eigenvalue weighted by Gasteiger charge is 2.05. The summed E-state index contributed by atoms with van der Waals surface area (Å²) in [5.74, 6) is 0.737. The fourth-order valence-corrected chi connectivity index (χ4v) is 3.37. The van der Waals surface area contributed by atoms with Gasteiger partial charge in [-0.1, -0.05) is 71.1 Å². The van der Waals surface area contributed by atoms with E-state index in [1.807, 2.05) is 0 Å². The number of hydrogen-bond donors (Lipinski definition) is 2. The molecule has 0 aromatic heterocycles. The topological polar surface area (TPSA) is 89.0 Å². The predicted molar refractivity (Wildman–Crippen MR) is 129 cm³/mol. The number of nitrogens with zero attached hydrogens (tertiary/aromatic N) is 1. The van der Waals surface area contributed by atoms with Crippen LogP contribution in [0.2, 0.25) is 0 Å². The van der Waals surface area contributed by atoms with Crippen molar-refractivity contribution in [1.82, 2.24) is 10.7 Å². The Hall–Kier alpha value is -2.57. The van der Waals surface area contributed by atoms with Gasteiger partial charge in [-0.05, 0) is 30.2 Å². The molecule has 1 aromatic rings. The second-order valence-corrected chi connectivity index (χ2v) is 7.97. The maximum atomic E-state index is 11.9. The van der Waals surface area contributed by atoms with Crippen molar-refractivity contribution in [2.24, 2.45) is 5.10 Å². The maximum Gasteiger partial charge on any atom is 0.259 e. The Morgan fingerprint density at radius 1 is 0.844 bits per heavy atom. The van der Waals surface area contributed by atoms with Gasteiger partial charge in [0.2, 0.25) is 5.91 Å². The van der Waals surface area contributed by atoms with Crippen molar-refractivity contribution in [3.63, 3.8) is 0 Å². The minimum atomic E-state index is -0.367. The van der Waals surface area contributed by atoms with Gasteiger partial charge in [0.15, 0.2) is 11.5 Å². The highest BCUT2D eigenvalue weighted by atomic mass is 16.5. The number of unbranched alkanes of at least 4 members (excludes halogenated alkanes) is 10. The number of ether oxygens (including phenoxy) is 2. The quantitative estimate of drug-likeness (QED) is 0.189. The number of methoxy groups -OCH3 is 2. The van der Waals surface area contributed by atoms with Gasteiger partial charge >= 0.3 is 0 Å². The van der Waals surface area contributed by atoms with Crippen molar-refractivity contribution in [3.05, 3.63) is 23.8 Å². The zero-order chi connectivity index (χ0) is 23.4. The van der Waals surface area contributed by atoms with Crippen molar-refractivity contribution < 1.29 is 19.1 Å². The summed E-state index contributed by atoms with van der Waals surface area (Å²) in [4.78, 5) is 23.7. The van der Waals surface area contributed by atoms with Crippen LogP contribution in [-0.4, -0.2) is 38.8 Å². The number of hydrogen-bond acceptors (Lipinski definition) is 5. The molecule has 0 spiro atoms. The molecular weight excluding hydrogens is 406 g/mol. The molecule has 0 radical (unpaired) electrons. The molecule has 0 bridgehead atoms. The molecule has 0 saturated carbocycles. The van der Waals surface area contributed by atoms with Gasteiger partial charge in [0.25, 0.3) is 5.91 Å². The van der Waals surface area contributed by atoms with E-state index in [-0.39, 0.29) is 18.4 Å². The lowest BCUT2D eigenvalue weighted by Crippen LogP contribution is -2.34. The Bertz CT molecular complexity index is 692. The van der Waals surface area contributed by atoms with Crippen LogP contribution in [0.1, 0.15) is 89.5 Å². The number of hydrazone groups is 1. The normalized spacial score (nSPS) is 10.8. The summed E-state index contributed by atoms with van der Waals surface area (Å²) in [7, 11) is 3.12. The average molecular weight is 448 g/mol. The monoisotopic (exact) mass is 447 g/mol. The first-order chi connectivity index (χ1) is 15.6. The SMILES string of the molecule is CCCCCCCCCCCCCC(=O)NCC(=O)N/N=C\c1ccc(OC)c(OC)c1. The largest absolute Gasteiger partial charge is 0.493 e. The molecule has 0 saturated heterocycles. The minimum Gasteiger partial charge on any atom is -0.493 e. The molecule has 1 rings (SSSR count). The molecule has 2 amide bonds. The van der Waals surface area contributed by atoms with Gasteiger partial charge in [0.05, 0.1) is 27.0 Å². The Kier molecular flexibility index (Phi) is 15.5. The number of nitrogens with one attached hydrogen (secondary N) is 2. The number of carbonyl (C=O) groups is 2. The summed E-state index contributed by atoms with van der Waals surface area (Å²) in [5, 5.41) is 6.55. The highest BCUT2D eigenvalue weighted by molar-refractivity contribution is 5.86. The van der Waals surface area contributed by atoms with Gasteiger partial charge in [-0.25, -0.2) is 5.43 Å². The van der Waals surface area contributed by atoms with E-state index in [9.17, 15) is 9.59 Å².